The van der Waals surface area contributed by atoms with Crippen LogP contribution in [0.1, 0.15) is 24.2 Å². The van der Waals surface area contributed by atoms with Gasteiger partial charge in [0.1, 0.15) is 0 Å². The van der Waals surface area contributed by atoms with Crippen LogP contribution in [0.2, 0.25) is 0 Å². The normalized spacial score (nSPS) is 10.0. The Bertz CT molecular complexity index is 528. The van der Waals surface area contributed by atoms with E-state index in [-0.39, 0.29) is 5.56 Å². The molecule has 19 heavy (non-hydrogen) atoms. The number of likely N-dealkylation sites (N-methyl/N-ethyl adjacent to an activating group) is 1. The molecule has 0 radical (unpaired) electrons. The Hall–Kier alpha value is -2.44. The summed E-state index contributed by atoms with van der Waals surface area (Å²) in [5, 5.41) is 19.8. The van der Waals surface area contributed by atoms with Gasteiger partial charge in [-0.25, -0.2) is 4.79 Å². The molecule has 7 nitrogen and oxygen atoms in total. The molecule has 0 spiro atoms. The molecule has 7 heteroatoms. The second-order valence-electron chi connectivity index (χ2n) is 4.09. The van der Waals surface area contributed by atoms with Crippen molar-refractivity contribution < 1.29 is 14.8 Å². The Balaban J connectivity index is 3.29. The lowest BCUT2D eigenvalue weighted by atomic mass is 10.2. The predicted octanol–water partition coefficient (Wildman–Crippen LogP) is 2.09. The summed E-state index contributed by atoms with van der Waals surface area (Å²) >= 11 is 0. The van der Waals surface area contributed by atoms with Crippen molar-refractivity contribution in [1.29, 1.82) is 0 Å². The highest BCUT2D eigenvalue weighted by molar-refractivity contribution is 5.94. The van der Waals surface area contributed by atoms with Crippen molar-refractivity contribution in [2.75, 3.05) is 18.0 Å². The van der Waals surface area contributed by atoms with Gasteiger partial charge in [0.25, 0.3) is 0 Å². The smallest absolute Gasteiger partial charge is 0.364 e. The molecule has 0 aromatic carbocycles. The number of nitrogens with zero attached hydrogens (tertiary/aromatic N) is 3. The van der Waals surface area contributed by atoms with E-state index >= 15 is 0 Å². The first-order chi connectivity index (χ1) is 8.86. The molecular formula is C12H15N3O4. The Morgan fingerprint density at radius 3 is 2.68 bits per heavy atom. The molecule has 0 unspecified atom stereocenters. The maximum atomic E-state index is 11.2. The van der Waals surface area contributed by atoms with Crippen LogP contribution >= 0.6 is 0 Å². The van der Waals surface area contributed by atoms with Gasteiger partial charge in [0.15, 0.2) is 6.20 Å². The average molecular weight is 265 g/mol. The summed E-state index contributed by atoms with van der Waals surface area (Å²) in [5.74, 6) is -1.70. The van der Waals surface area contributed by atoms with Crippen LogP contribution in [0.25, 0.3) is 0 Å². The molecule has 1 aromatic rings. The fourth-order valence-corrected chi connectivity index (χ4v) is 1.65. The first-order valence-electron chi connectivity index (χ1n) is 5.63. The monoisotopic (exact) mass is 265 g/mol. The van der Waals surface area contributed by atoms with Gasteiger partial charge in [0.2, 0.25) is 0 Å². The van der Waals surface area contributed by atoms with Gasteiger partial charge in [-0.15, -0.1) is 0 Å². The molecule has 0 aliphatic carbocycles. The van der Waals surface area contributed by atoms with E-state index in [0.717, 1.165) is 11.6 Å². The lowest BCUT2D eigenvalue weighted by molar-refractivity contribution is -0.389. The van der Waals surface area contributed by atoms with Crippen molar-refractivity contribution in [2.24, 2.45) is 0 Å². The van der Waals surface area contributed by atoms with Crippen LogP contribution in [-0.4, -0.2) is 34.1 Å². The van der Waals surface area contributed by atoms with E-state index in [1.54, 1.807) is 4.90 Å². The van der Waals surface area contributed by atoms with Crippen molar-refractivity contribution in [3.63, 3.8) is 0 Å². The van der Waals surface area contributed by atoms with Crippen LogP contribution in [0.4, 0.5) is 11.5 Å². The summed E-state index contributed by atoms with van der Waals surface area (Å²) in [5.41, 5.74) is 1.07. The Kier molecular flexibility index (Phi) is 4.57. The number of hydrogen-bond donors (Lipinski definition) is 1. The fourth-order valence-electron chi connectivity index (χ4n) is 1.65. The van der Waals surface area contributed by atoms with Crippen LogP contribution in [-0.2, 0) is 0 Å². The minimum absolute atomic E-state index is 0.134. The number of anilines is 1. The number of hydrogen-bond acceptors (Lipinski definition) is 5. The molecule has 0 amide bonds. The highest BCUT2D eigenvalue weighted by Crippen LogP contribution is 2.23. The number of rotatable bonds is 6. The number of carbonyl (C=O) groups is 1. The van der Waals surface area contributed by atoms with Crippen molar-refractivity contribution in [3.8, 4) is 0 Å². The lowest BCUT2D eigenvalue weighted by Crippen LogP contribution is -2.26. The highest BCUT2D eigenvalue weighted by Gasteiger charge is 2.21. The third-order valence-electron chi connectivity index (χ3n) is 2.47. The maximum Gasteiger partial charge on any atom is 0.364 e. The van der Waals surface area contributed by atoms with Gasteiger partial charge in [-0.3, -0.25) is 0 Å². The summed E-state index contributed by atoms with van der Waals surface area (Å²) < 4.78 is 0. The van der Waals surface area contributed by atoms with Gasteiger partial charge >= 0.3 is 11.8 Å². The number of carboxylic acid groups (broad SMARTS) is 1. The second kappa shape index (κ2) is 5.94. The van der Waals surface area contributed by atoms with Gasteiger partial charge < -0.3 is 20.1 Å². The fraction of sp³-hybridized carbons (Fsp3) is 0.333. The lowest BCUT2D eigenvalue weighted by Gasteiger charge is -2.23. The molecule has 0 saturated heterocycles. The predicted molar refractivity (Wildman–Crippen MR) is 70.6 cm³/mol. The van der Waals surface area contributed by atoms with Crippen molar-refractivity contribution in [2.45, 2.75) is 13.8 Å². The van der Waals surface area contributed by atoms with E-state index in [1.807, 2.05) is 13.8 Å². The van der Waals surface area contributed by atoms with Crippen molar-refractivity contribution in [1.82, 2.24) is 4.98 Å². The van der Waals surface area contributed by atoms with Gasteiger partial charge in [0, 0.05) is 13.1 Å². The number of aromatic carboxylic acids is 1. The highest BCUT2D eigenvalue weighted by atomic mass is 16.6. The number of pyridine rings is 1. The average Bonchev–Trinajstić information content (AvgIpc) is 2.34. The molecule has 0 bridgehead atoms. The molecule has 1 rings (SSSR count). The van der Waals surface area contributed by atoms with Gasteiger partial charge in [0.05, 0.1) is 17.3 Å². The van der Waals surface area contributed by atoms with Gasteiger partial charge in [-0.2, -0.15) is 0 Å². The van der Waals surface area contributed by atoms with E-state index in [4.69, 9.17) is 5.11 Å². The summed E-state index contributed by atoms with van der Waals surface area (Å²) in [6.07, 6.45) is 1.22. The summed E-state index contributed by atoms with van der Waals surface area (Å²) in [4.78, 5) is 26.5. The van der Waals surface area contributed by atoms with Crippen LogP contribution in [0.5, 0.6) is 0 Å². The van der Waals surface area contributed by atoms with Crippen molar-refractivity contribution >= 4 is 17.5 Å². The zero-order valence-electron chi connectivity index (χ0n) is 10.8. The molecule has 1 aromatic heterocycles. The SMILES string of the molecule is C=C(C)CN(CC)c1cnc([N+](=O)[O-])cc1C(=O)O. The molecule has 0 atom stereocenters. The van der Waals surface area contributed by atoms with E-state index in [0.29, 0.717) is 18.8 Å². The van der Waals surface area contributed by atoms with Crippen LogP contribution in [0.3, 0.4) is 0 Å². The molecule has 1 N–H and O–H groups in total. The topological polar surface area (TPSA) is 96.6 Å². The zero-order chi connectivity index (χ0) is 14.6. The van der Waals surface area contributed by atoms with Crippen LogP contribution in [0, 0.1) is 10.1 Å². The number of carboxylic acids is 1. The van der Waals surface area contributed by atoms with Gasteiger partial charge in [-0.1, -0.05) is 12.2 Å². The first kappa shape index (κ1) is 14.6. The minimum Gasteiger partial charge on any atom is -0.478 e. The molecule has 1 heterocycles. The van der Waals surface area contributed by atoms with Crippen molar-refractivity contribution in [3.05, 3.63) is 40.1 Å². The quantitative estimate of drug-likeness (QED) is 0.480. The Labute approximate surface area is 110 Å². The van der Waals surface area contributed by atoms with Crippen LogP contribution in [0.15, 0.2) is 24.4 Å². The van der Waals surface area contributed by atoms with E-state index < -0.39 is 16.7 Å². The third-order valence-corrected chi connectivity index (χ3v) is 2.47. The van der Waals surface area contributed by atoms with E-state index in [1.165, 1.54) is 6.20 Å². The number of nitro groups is 1. The molecule has 0 aliphatic rings. The maximum absolute atomic E-state index is 11.2. The molecule has 102 valence electrons. The largest absolute Gasteiger partial charge is 0.478 e. The Morgan fingerprint density at radius 1 is 1.63 bits per heavy atom. The molecule has 0 saturated carbocycles. The van der Waals surface area contributed by atoms with E-state index in [2.05, 4.69) is 11.6 Å². The standard InChI is InChI=1S/C12H15N3O4/c1-4-14(7-8(2)3)10-6-13-11(15(18)19)5-9(10)12(16)17/h5-6H,2,4,7H2,1,3H3,(H,16,17). The molecule has 0 fully saturated rings. The summed E-state index contributed by atoms with van der Waals surface area (Å²) in [7, 11) is 0. The summed E-state index contributed by atoms with van der Waals surface area (Å²) in [6.45, 7) is 8.47. The van der Waals surface area contributed by atoms with Crippen LogP contribution < -0.4 is 4.90 Å². The van der Waals surface area contributed by atoms with Gasteiger partial charge in [-0.05, 0) is 23.8 Å². The molecule has 0 aliphatic heterocycles. The second-order valence-corrected chi connectivity index (χ2v) is 4.09. The zero-order valence-corrected chi connectivity index (χ0v) is 10.8. The first-order valence-corrected chi connectivity index (χ1v) is 5.63. The minimum atomic E-state index is -1.22. The number of aromatic nitrogens is 1. The Morgan fingerprint density at radius 2 is 2.26 bits per heavy atom. The molecular weight excluding hydrogens is 250 g/mol. The third kappa shape index (κ3) is 3.51. The summed E-state index contributed by atoms with van der Waals surface area (Å²) in [6, 6.07) is 0.971. The van der Waals surface area contributed by atoms with E-state index in [9.17, 15) is 14.9 Å².